The number of hydrogen-bond acceptors (Lipinski definition) is 11. The van der Waals surface area contributed by atoms with Crippen LogP contribution in [-0.2, 0) is 32.2 Å². The van der Waals surface area contributed by atoms with Crippen LogP contribution in [0.15, 0.2) is 91.0 Å². The Bertz CT molecular complexity index is 1740. The van der Waals surface area contributed by atoms with Crippen LogP contribution in [0.1, 0.15) is 35.0 Å². The van der Waals surface area contributed by atoms with E-state index in [0.717, 1.165) is 5.56 Å². The minimum absolute atomic E-state index is 0.0685. The van der Waals surface area contributed by atoms with Crippen molar-refractivity contribution in [2.75, 3.05) is 26.7 Å². The fraction of sp³-hybridized carbons (Fsp3) is 0.343. The van der Waals surface area contributed by atoms with Crippen molar-refractivity contribution >= 4 is 41.2 Å². The van der Waals surface area contributed by atoms with Crippen molar-refractivity contribution in [3.05, 3.63) is 128 Å². The van der Waals surface area contributed by atoms with Gasteiger partial charge in [-0.25, -0.2) is 9.59 Å². The zero-order chi connectivity index (χ0) is 36.5. The molecular weight excluding hydrogens is 682 g/mol. The van der Waals surface area contributed by atoms with E-state index >= 15 is 0 Å². The summed E-state index contributed by atoms with van der Waals surface area (Å²) in [5.74, 6) is -0.353. The fourth-order valence-electron chi connectivity index (χ4n) is 5.90. The van der Waals surface area contributed by atoms with Crippen LogP contribution in [0.2, 0.25) is 0 Å². The van der Waals surface area contributed by atoms with Crippen LogP contribution in [0.3, 0.4) is 0 Å². The van der Waals surface area contributed by atoms with Gasteiger partial charge in [0.2, 0.25) is 0 Å². The first-order valence-corrected chi connectivity index (χ1v) is 17.0. The number of nitro benzene ring substituents is 2. The first kappa shape index (κ1) is 36.8. The fourth-order valence-corrected chi connectivity index (χ4v) is 7.22. The molecule has 2 aliphatic rings. The van der Waals surface area contributed by atoms with Crippen LogP contribution in [0.5, 0.6) is 0 Å². The molecule has 0 bridgehead atoms. The molecular formula is C35H37N5O10S. The van der Waals surface area contributed by atoms with Crippen LogP contribution in [0, 0.1) is 20.2 Å². The smallest absolute Gasteiger partial charge is 0.410 e. The summed E-state index contributed by atoms with van der Waals surface area (Å²) in [5, 5.41) is 24.5. The van der Waals surface area contributed by atoms with Gasteiger partial charge in [-0.2, -0.15) is 0 Å². The lowest BCUT2D eigenvalue weighted by Gasteiger charge is -2.27. The van der Waals surface area contributed by atoms with Crippen LogP contribution in [0.4, 0.5) is 21.0 Å². The summed E-state index contributed by atoms with van der Waals surface area (Å²) in [5.41, 5.74) is 1.85. The third-order valence-electron chi connectivity index (χ3n) is 8.60. The van der Waals surface area contributed by atoms with Crippen LogP contribution < -0.4 is 5.32 Å². The summed E-state index contributed by atoms with van der Waals surface area (Å²) in [4.78, 5) is 63.7. The molecule has 4 atom stereocenters. The maximum atomic E-state index is 13.8. The minimum Gasteiger partial charge on any atom is -0.445 e. The molecule has 1 N–H and O–H groups in total. The Kier molecular flexibility index (Phi) is 12.2. The van der Waals surface area contributed by atoms with Crippen molar-refractivity contribution in [1.29, 1.82) is 0 Å². The van der Waals surface area contributed by atoms with Gasteiger partial charge in [0.15, 0.2) is 0 Å². The van der Waals surface area contributed by atoms with Crippen molar-refractivity contribution in [1.82, 2.24) is 15.1 Å². The third-order valence-corrected chi connectivity index (χ3v) is 10.0. The summed E-state index contributed by atoms with van der Waals surface area (Å²) in [6.07, 6.45) is -0.447. The van der Waals surface area contributed by atoms with Crippen molar-refractivity contribution < 1.29 is 38.4 Å². The Morgan fingerprint density at radius 3 is 2.06 bits per heavy atom. The predicted molar refractivity (Wildman–Crippen MR) is 187 cm³/mol. The van der Waals surface area contributed by atoms with Crippen LogP contribution in [-0.4, -0.2) is 81.8 Å². The number of likely N-dealkylation sites (tertiary alicyclic amines) is 2. The quantitative estimate of drug-likeness (QED) is 0.0983. The highest BCUT2D eigenvalue weighted by atomic mass is 32.2. The van der Waals surface area contributed by atoms with Crippen molar-refractivity contribution in [3.63, 3.8) is 0 Å². The molecule has 16 heteroatoms. The number of rotatable bonds is 13. The van der Waals surface area contributed by atoms with Crippen molar-refractivity contribution in [2.24, 2.45) is 0 Å². The molecule has 15 nitrogen and oxygen atoms in total. The number of methoxy groups -OCH3 is 1. The lowest BCUT2D eigenvalue weighted by atomic mass is 10.1. The zero-order valence-corrected chi connectivity index (χ0v) is 28.6. The van der Waals surface area contributed by atoms with Gasteiger partial charge in [-0.1, -0.05) is 36.9 Å². The number of carbonyl (C=O) groups is 3. The van der Waals surface area contributed by atoms with Gasteiger partial charge in [-0.15, -0.1) is 11.8 Å². The topological polar surface area (TPSA) is 184 Å². The van der Waals surface area contributed by atoms with Gasteiger partial charge in [0.25, 0.3) is 17.3 Å². The molecule has 5 rings (SSSR count). The second-order valence-electron chi connectivity index (χ2n) is 12.0. The molecule has 2 fully saturated rings. The molecule has 0 spiro atoms. The van der Waals surface area contributed by atoms with Crippen LogP contribution >= 0.6 is 11.8 Å². The first-order chi connectivity index (χ1) is 24.5. The van der Waals surface area contributed by atoms with Gasteiger partial charge in [0, 0.05) is 61.8 Å². The van der Waals surface area contributed by atoms with E-state index < -0.39 is 28.1 Å². The normalized spacial score (nSPS) is 18.9. The second-order valence-corrected chi connectivity index (χ2v) is 13.4. The molecule has 268 valence electrons. The average Bonchev–Trinajstić information content (AvgIpc) is 3.79. The number of nitrogens with zero attached hydrogens (tertiary/aromatic N) is 4. The molecule has 3 amide bonds. The molecule has 0 saturated carbocycles. The van der Waals surface area contributed by atoms with E-state index in [2.05, 4.69) is 11.9 Å². The summed E-state index contributed by atoms with van der Waals surface area (Å²) < 4.78 is 16.6. The van der Waals surface area contributed by atoms with Gasteiger partial charge in [-0.05, 0) is 53.8 Å². The lowest BCUT2D eigenvalue weighted by Crippen LogP contribution is -2.43. The maximum Gasteiger partial charge on any atom is 0.410 e. The number of carbonyl (C=O) groups excluding carboxylic acids is 3. The number of ether oxygens (including phenoxy) is 3. The zero-order valence-electron chi connectivity index (χ0n) is 27.8. The second kappa shape index (κ2) is 17.0. The van der Waals surface area contributed by atoms with Gasteiger partial charge in [0.1, 0.15) is 18.6 Å². The molecule has 2 heterocycles. The standard InChI is InChI=1S/C35H37N5O10S/c1-23(32(41)37-17-16-27(19-37)36-34(42)49-21-24-8-12-28(13-9-24)39(44)45)31-18-30(51-33(48-2)26-6-4-3-5-7-26)20-38(31)35(43)50-22-25-10-14-29(15-11-25)40(46)47/h3-15,27,30-31,33H,1,16-22H2,2H3,(H,36,42)/t27-,30-,31-,33?/m0/s1. The lowest BCUT2D eigenvalue weighted by molar-refractivity contribution is -0.385. The molecule has 0 aromatic heterocycles. The van der Waals surface area contributed by atoms with E-state index in [-0.39, 0.29) is 65.9 Å². The molecule has 3 aromatic carbocycles. The number of non-ortho nitro benzene ring substituents is 2. The first-order valence-electron chi connectivity index (χ1n) is 16.1. The number of benzene rings is 3. The van der Waals surface area contributed by atoms with E-state index in [0.29, 0.717) is 30.5 Å². The Morgan fingerprint density at radius 1 is 0.902 bits per heavy atom. The molecule has 51 heavy (non-hydrogen) atoms. The van der Waals surface area contributed by atoms with Crippen LogP contribution in [0.25, 0.3) is 0 Å². The Hall–Kier alpha value is -5.48. The maximum absolute atomic E-state index is 13.8. The monoisotopic (exact) mass is 719 g/mol. The van der Waals surface area contributed by atoms with Gasteiger partial charge >= 0.3 is 12.2 Å². The van der Waals surface area contributed by atoms with Gasteiger partial charge in [-0.3, -0.25) is 29.9 Å². The van der Waals surface area contributed by atoms with E-state index in [1.807, 2.05) is 30.3 Å². The molecule has 0 radical (unpaired) electrons. The number of nitrogens with one attached hydrogen (secondary N) is 1. The highest BCUT2D eigenvalue weighted by Crippen LogP contribution is 2.40. The van der Waals surface area contributed by atoms with Gasteiger partial charge in [0.05, 0.1) is 21.9 Å². The average molecular weight is 720 g/mol. The largest absolute Gasteiger partial charge is 0.445 e. The van der Waals surface area contributed by atoms with E-state index in [9.17, 15) is 34.6 Å². The SMILES string of the molecule is C=C(C(=O)N1CC[C@H](NC(=O)OCc2ccc([N+](=O)[O-])cc2)C1)[C@@H]1C[C@H](SC(OC)c2ccccc2)CN1C(=O)OCc1ccc([N+](=O)[O-])cc1. The van der Waals surface area contributed by atoms with Crippen molar-refractivity contribution in [3.8, 4) is 0 Å². The highest BCUT2D eigenvalue weighted by Gasteiger charge is 2.42. The Morgan fingerprint density at radius 2 is 1.49 bits per heavy atom. The number of thioether (sulfide) groups is 1. The number of alkyl carbamates (subject to hydrolysis) is 1. The summed E-state index contributed by atoms with van der Waals surface area (Å²) in [6.45, 7) is 4.73. The van der Waals surface area contributed by atoms with E-state index in [4.69, 9.17) is 14.2 Å². The number of hydrogen-bond donors (Lipinski definition) is 1. The summed E-state index contributed by atoms with van der Waals surface area (Å²) in [6, 6.07) is 20.0. The number of amides is 3. The molecule has 0 aliphatic carbocycles. The van der Waals surface area contributed by atoms with Crippen molar-refractivity contribution in [2.45, 2.75) is 48.8 Å². The van der Waals surface area contributed by atoms with E-state index in [1.54, 1.807) is 12.0 Å². The van der Waals surface area contributed by atoms with E-state index in [1.165, 1.54) is 65.2 Å². The molecule has 3 aromatic rings. The molecule has 1 unspecified atom stereocenters. The minimum atomic E-state index is -0.685. The molecule has 2 saturated heterocycles. The van der Waals surface area contributed by atoms with Gasteiger partial charge < -0.3 is 24.4 Å². The summed E-state index contributed by atoms with van der Waals surface area (Å²) in [7, 11) is 1.61. The molecule has 2 aliphatic heterocycles. The predicted octanol–water partition coefficient (Wildman–Crippen LogP) is 5.74. The Balaban J connectivity index is 1.20. The Labute approximate surface area is 297 Å². The number of nitro groups is 2. The highest BCUT2D eigenvalue weighted by molar-refractivity contribution is 8.00. The third kappa shape index (κ3) is 9.61. The summed E-state index contributed by atoms with van der Waals surface area (Å²) >= 11 is 1.53.